The van der Waals surface area contributed by atoms with E-state index in [1.165, 1.54) is 0 Å². The molecule has 0 unspecified atom stereocenters. The molecule has 1 heterocycles. The van der Waals surface area contributed by atoms with E-state index in [9.17, 15) is 0 Å². The SMILES string of the molecule is Cc1onc(-c2ccccc2)c1-c1cccc(N)c1. The van der Waals surface area contributed by atoms with E-state index in [1.807, 2.05) is 61.5 Å². The molecule has 0 aliphatic heterocycles. The van der Waals surface area contributed by atoms with Gasteiger partial charge in [0.1, 0.15) is 11.5 Å². The molecule has 3 aromatic rings. The summed E-state index contributed by atoms with van der Waals surface area (Å²) in [6.45, 7) is 1.91. The highest BCUT2D eigenvalue weighted by Gasteiger charge is 2.16. The third-order valence-corrected chi connectivity index (χ3v) is 3.09. The molecule has 0 amide bonds. The van der Waals surface area contributed by atoms with Gasteiger partial charge in [0.25, 0.3) is 0 Å². The highest BCUT2D eigenvalue weighted by atomic mass is 16.5. The number of aryl methyl sites for hydroxylation is 1. The molecule has 0 spiro atoms. The van der Waals surface area contributed by atoms with E-state index in [0.717, 1.165) is 33.8 Å². The van der Waals surface area contributed by atoms with Gasteiger partial charge in [0.15, 0.2) is 0 Å². The number of nitrogen functional groups attached to an aromatic ring is 1. The van der Waals surface area contributed by atoms with Gasteiger partial charge >= 0.3 is 0 Å². The minimum atomic E-state index is 0.733. The second kappa shape index (κ2) is 4.61. The number of hydrogen-bond donors (Lipinski definition) is 1. The van der Waals surface area contributed by atoms with Crippen LogP contribution in [0.3, 0.4) is 0 Å². The van der Waals surface area contributed by atoms with Crippen LogP contribution in [0, 0.1) is 6.92 Å². The third-order valence-electron chi connectivity index (χ3n) is 3.09. The molecule has 19 heavy (non-hydrogen) atoms. The van der Waals surface area contributed by atoms with Crippen molar-refractivity contribution in [1.29, 1.82) is 0 Å². The molecule has 0 radical (unpaired) electrons. The van der Waals surface area contributed by atoms with E-state index in [0.29, 0.717) is 0 Å². The van der Waals surface area contributed by atoms with Gasteiger partial charge < -0.3 is 10.3 Å². The molecule has 94 valence electrons. The van der Waals surface area contributed by atoms with Crippen LogP contribution in [0.2, 0.25) is 0 Å². The van der Waals surface area contributed by atoms with Crippen molar-refractivity contribution in [2.24, 2.45) is 0 Å². The maximum atomic E-state index is 5.85. The molecule has 2 N–H and O–H groups in total. The number of nitrogens with zero attached hydrogens (tertiary/aromatic N) is 1. The van der Waals surface area contributed by atoms with Gasteiger partial charge in [0, 0.05) is 11.3 Å². The van der Waals surface area contributed by atoms with Crippen molar-refractivity contribution < 1.29 is 4.52 Å². The fourth-order valence-corrected chi connectivity index (χ4v) is 2.20. The Morgan fingerprint density at radius 3 is 2.42 bits per heavy atom. The Hall–Kier alpha value is -2.55. The van der Waals surface area contributed by atoms with Crippen LogP contribution in [0.1, 0.15) is 5.76 Å². The van der Waals surface area contributed by atoms with Crippen molar-refractivity contribution >= 4 is 5.69 Å². The number of nitrogens with two attached hydrogens (primary N) is 1. The maximum absolute atomic E-state index is 5.85. The highest BCUT2D eigenvalue weighted by molar-refractivity contribution is 5.82. The van der Waals surface area contributed by atoms with Gasteiger partial charge in [-0.2, -0.15) is 0 Å². The second-order valence-corrected chi connectivity index (χ2v) is 4.45. The monoisotopic (exact) mass is 250 g/mol. The summed E-state index contributed by atoms with van der Waals surface area (Å²) in [4.78, 5) is 0. The lowest BCUT2D eigenvalue weighted by atomic mass is 9.99. The molecule has 0 aliphatic carbocycles. The zero-order valence-corrected chi connectivity index (χ0v) is 10.6. The lowest BCUT2D eigenvalue weighted by molar-refractivity contribution is 0.400. The van der Waals surface area contributed by atoms with Crippen molar-refractivity contribution in [2.45, 2.75) is 6.92 Å². The number of hydrogen-bond acceptors (Lipinski definition) is 3. The maximum Gasteiger partial charge on any atom is 0.142 e. The molecule has 0 atom stereocenters. The minimum Gasteiger partial charge on any atom is -0.399 e. The zero-order valence-electron chi connectivity index (χ0n) is 10.6. The molecular weight excluding hydrogens is 236 g/mol. The fourth-order valence-electron chi connectivity index (χ4n) is 2.20. The Morgan fingerprint density at radius 1 is 0.947 bits per heavy atom. The Labute approximate surface area is 111 Å². The van der Waals surface area contributed by atoms with E-state index < -0.39 is 0 Å². The largest absolute Gasteiger partial charge is 0.399 e. The fraction of sp³-hybridized carbons (Fsp3) is 0.0625. The second-order valence-electron chi connectivity index (χ2n) is 4.45. The summed E-state index contributed by atoms with van der Waals surface area (Å²) in [5.41, 5.74) is 10.5. The van der Waals surface area contributed by atoms with Gasteiger partial charge in [0.2, 0.25) is 0 Å². The Kier molecular flexibility index (Phi) is 2.80. The van der Waals surface area contributed by atoms with E-state index >= 15 is 0 Å². The van der Waals surface area contributed by atoms with Crippen LogP contribution in [-0.2, 0) is 0 Å². The number of aromatic nitrogens is 1. The Morgan fingerprint density at radius 2 is 1.68 bits per heavy atom. The van der Waals surface area contributed by atoms with Crippen molar-refractivity contribution in [1.82, 2.24) is 5.16 Å². The quantitative estimate of drug-likeness (QED) is 0.702. The van der Waals surface area contributed by atoms with Crippen molar-refractivity contribution in [3.05, 3.63) is 60.4 Å². The lowest BCUT2D eigenvalue weighted by Gasteiger charge is -2.04. The van der Waals surface area contributed by atoms with E-state index in [2.05, 4.69) is 5.16 Å². The van der Waals surface area contributed by atoms with Gasteiger partial charge in [-0.15, -0.1) is 0 Å². The molecule has 2 aromatic carbocycles. The third kappa shape index (κ3) is 2.10. The number of anilines is 1. The van der Waals surface area contributed by atoms with Gasteiger partial charge in [-0.25, -0.2) is 0 Å². The van der Waals surface area contributed by atoms with Gasteiger partial charge in [-0.1, -0.05) is 47.6 Å². The predicted molar refractivity (Wildman–Crippen MR) is 76.5 cm³/mol. The minimum absolute atomic E-state index is 0.733. The average molecular weight is 250 g/mol. The van der Waals surface area contributed by atoms with Crippen LogP contribution in [0.25, 0.3) is 22.4 Å². The van der Waals surface area contributed by atoms with Gasteiger partial charge in [-0.05, 0) is 24.6 Å². The zero-order chi connectivity index (χ0) is 13.2. The van der Waals surface area contributed by atoms with Crippen LogP contribution in [0.5, 0.6) is 0 Å². The first-order valence-corrected chi connectivity index (χ1v) is 6.13. The first-order chi connectivity index (χ1) is 9.25. The predicted octanol–water partition coefficient (Wildman–Crippen LogP) is 3.90. The van der Waals surface area contributed by atoms with Gasteiger partial charge in [-0.3, -0.25) is 0 Å². The summed E-state index contributed by atoms with van der Waals surface area (Å²) in [7, 11) is 0. The summed E-state index contributed by atoms with van der Waals surface area (Å²) in [6, 6.07) is 17.8. The highest BCUT2D eigenvalue weighted by Crippen LogP contribution is 2.34. The Bertz CT molecular complexity index is 702. The van der Waals surface area contributed by atoms with Crippen LogP contribution < -0.4 is 5.73 Å². The molecule has 1 aromatic heterocycles. The molecular formula is C16H14N2O. The topological polar surface area (TPSA) is 52.0 Å². The first kappa shape index (κ1) is 11.5. The van der Waals surface area contributed by atoms with Crippen LogP contribution in [-0.4, -0.2) is 5.16 Å². The molecule has 0 aliphatic rings. The summed E-state index contributed by atoms with van der Waals surface area (Å²) < 4.78 is 5.35. The van der Waals surface area contributed by atoms with Crippen molar-refractivity contribution in [3.8, 4) is 22.4 Å². The molecule has 3 rings (SSSR count). The summed E-state index contributed by atoms with van der Waals surface area (Å²) in [5.74, 6) is 0.796. The van der Waals surface area contributed by atoms with Crippen molar-refractivity contribution in [2.75, 3.05) is 5.73 Å². The van der Waals surface area contributed by atoms with Crippen LogP contribution >= 0.6 is 0 Å². The van der Waals surface area contributed by atoms with E-state index in [1.54, 1.807) is 0 Å². The molecule has 0 saturated heterocycles. The van der Waals surface area contributed by atoms with Crippen LogP contribution in [0.4, 0.5) is 5.69 Å². The lowest BCUT2D eigenvalue weighted by Crippen LogP contribution is -1.87. The Balaban J connectivity index is 2.20. The first-order valence-electron chi connectivity index (χ1n) is 6.13. The van der Waals surface area contributed by atoms with Crippen molar-refractivity contribution in [3.63, 3.8) is 0 Å². The molecule has 0 fully saturated rings. The van der Waals surface area contributed by atoms with E-state index in [4.69, 9.17) is 10.3 Å². The molecule has 0 saturated carbocycles. The summed E-state index contributed by atoms with van der Waals surface area (Å²) in [5, 5.41) is 4.18. The molecule has 3 nitrogen and oxygen atoms in total. The standard InChI is InChI=1S/C16H14N2O/c1-11-15(13-8-5-9-14(17)10-13)16(18-19-11)12-6-3-2-4-7-12/h2-10H,17H2,1H3. The van der Waals surface area contributed by atoms with E-state index in [-0.39, 0.29) is 0 Å². The summed E-state index contributed by atoms with van der Waals surface area (Å²) in [6.07, 6.45) is 0. The molecule has 3 heteroatoms. The number of benzene rings is 2. The average Bonchev–Trinajstić information content (AvgIpc) is 2.82. The number of rotatable bonds is 2. The summed E-state index contributed by atoms with van der Waals surface area (Å²) >= 11 is 0. The normalized spacial score (nSPS) is 10.6. The van der Waals surface area contributed by atoms with Gasteiger partial charge in [0.05, 0.1) is 5.56 Å². The molecule has 0 bridgehead atoms. The van der Waals surface area contributed by atoms with Crippen LogP contribution in [0.15, 0.2) is 59.1 Å². The smallest absolute Gasteiger partial charge is 0.142 e.